The maximum absolute atomic E-state index is 12.2. The molecule has 0 aromatic heterocycles. The zero-order valence-corrected chi connectivity index (χ0v) is 14.2. The van der Waals surface area contributed by atoms with Gasteiger partial charge in [0.25, 0.3) is 0 Å². The van der Waals surface area contributed by atoms with Gasteiger partial charge in [-0.3, -0.25) is 4.79 Å². The Morgan fingerprint density at radius 2 is 2.04 bits per heavy atom. The van der Waals surface area contributed by atoms with Gasteiger partial charge < -0.3 is 20.1 Å². The summed E-state index contributed by atoms with van der Waals surface area (Å²) in [5, 5.41) is 0. The van der Waals surface area contributed by atoms with Gasteiger partial charge in [0.1, 0.15) is 0 Å². The molecule has 1 amide bonds. The minimum atomic E-state index is 0.199. The van der Waals surface area contributed by atoms with Crippen LogP contribution in [-0.2, 0) is 11.2 Å². The average molecular weight is 320 g/mol. The second-order valence-corrected chi connectivity index (χ2v) is 6.00. The van der Waals surface area contributed by atoms with Crippen molar-refractivity contribution < 1.29 is 14.3 Å². The van der Waals surface area contributed by atoms with Crippen molar-refractivity contribution in [1.82, 2.24) is 4.90 Å². The van der Waals surface area contributed by atoms with E-state index in [1.54, 1.807) is 14.2 Å². The van der Waals surface area contributed by atoms with Gasteiger partial charge in [-0.1, -0.05) is 6.07 Å². The molecule has 1 fully saturated rings. The van der Waals surface area contributed by atoms with E-state index in [0.717, 1.165) is 43.7 Å². The third-order valence-electron chi connectivity index (χ3n) is 4.52. The molecule has 1 aromatic rings. The summed E-state index contributed by atoms with van der Waals surface area (Å²) in [7, 11) is 3.29. The van der Waals surface area contributed by atoms with Crippen LogP contribution in [0.5, 0.6) is 11.5 Å². The van der Waals surface area contributed by atoms with Crippen LogP contribution >= 0.6 is 0 Å². The van der Waals surface area contributed by atoms with Crippen molar-refractivity contribution >= 4 is 5.91 Å². The number of piperidine rings is 1. The summed E-state index contributed by atoms with van der Waals surface area (Å²) in [6, 6.07) is 6.35. The number of rotatable bonds is 7. The smallest absolute Gasteiger partial charge is 0.224 e. The molecular weight excluding hydrogens is 292 g/mol. The Morgan fingerprint density at radius 3 is 2.74 bits per heavy atom. The average Bonchev–Trinajstić information content (AvgIpc) is 2.60. The molecule has 1 saturated heterocycles. The van der Waals surface area contributed by atoms with Gasteiger partial charge in [-0.15, -0.1) is 0 Å². The predicted molar refractivity (Wildman–Crippen MR) is 90.9 cm³/mol. The number of hydrogen-bond acceptors (Lipinski definition) is 4. The van der Waals surface area contributed by atoms with Gasteiger partial charge in [0.2, 0.25) is 5.91 Å². The zero-order chi connectivity index (χ0) is 16.7. The fourth-order valence-electron chi connectivity index (χ4n) is 3.27. The summed E-state index contributed by atoms with van der Waals surface area (Å²) in [4.78, 5) is 14.3. The third kappa shape index (κ3) is 4.61. The van der Waals surface area contributed by atoms with E-state index in [2.05, 4.69) is 6.07 Å². The lowest BCUT2D eigenvalue weighted by Gasteiger charge is -2.36. The molecular formula is C18H28N2O3. The summed E-state index contributed by atoms with van der Waals surface area (Å²) in [5.74, 6) is 1.70. The fraction of sp³-hybridized carbons (Fsp3) is 0.611. The summed E-state index contributed by atoms with van der Waals surface area (Å²) >= 11 is 0. The molecule has 1 atom stereocenters. The van der Waals surface area contributed by atoms with Crippen molar-refractivity contribution in [3.8, 4) is 11.5 Å². The minimum absolute atomic E-state index is 0.199. The number of amides is 1. The van der Waals surface area contributed by atoms with Crippen LogP contribution in [0.3, 0.4) is 0 Å². The largest absolute Gasteiger partial charge is 0.493 e. The van der Waals surface area contributed by atoms with E-state index < -0.39 is 0 Å². The Balaban J connectivity index is 1.99. The molecule has 2 rings (SSSR count). The lowest BCUT2D eigenvalue weighted by molar-refractivity contribution is -0.134. The molecule has 1 heterocycles. The molecule has 5 nitrogen and oxygen atoms in total. The molecule has 0 bridgehead atoms. The van der Waals surface area contributed by atoms with Crippen molar-refractivity contribution in [2.24, 2.45) is 5.73 Å². The predicted octanol–water partition coefficient (Wildman–Crippen LogP) is 2.37. The van der Waals surface area contributed by atoms with Crippen molar-refractivity contribution in [1.29, 1.82) is 0 Å². The van der Waals surface area contributed by atoms with E-state index in [1.165, 1.54) is 12.0 Å². The quantitative estimate of drug-likeness (QED) is 0.837. The van der Waals surface area contributed by atoms with Crippen LogP contribution < -0.4 is 15.2 Å². The zero-order valence-electron chi connectivity index (χ0n) is 14.2. The van der Waals surface area contributed by atoms with Crippen LogP contribution in [0, 0.1) is 0 Å². The number of hydrogen-bond donors (Lipinski definition) is 1. The number of aryl methyl sites for hydroxylation is 1. The first-order chi connectivity index (χ1) is 11.2. The minimum Gasteiger partial charge on any atom is -0.493 e. The highest BCUT2D eigenvalue weighted by atomic mass is 16.5. The van der Waals surface area contributed by atoms with E-state index in [0.29, 0.717) is 19.0 Å². The standard InChI is InChI=1S/C18H28N2O3/c1-22-16-9-7-14(13-17(16)23-2)6-8-15-5-3-4-12-20(15)18(21)10-11-19/h7,9,13,15H,3-6,8,10-12,19H2,1-2H3/t15-/m0/s1. The Kier molecular flexibility index (Phi) is 6.71. The van der Waals surface area contributed by atoms with Gasteiger partial charge in [-0.2, -0.15) is 0 Å². The van der Waals surface area contributed by atoms with Crippen LogP contribution in [0.4, 0.5) is 0 Å². The molecule has 0 radical (unpaired) electrons. The van der Waals surface area contributed by atoms with Gasteiger partial charge in [0.05, 0.1) is 14.2 Å². The highest BCUT2D eigenvalue weighted by molar-refractivity contribution is 5.76. The van der Waals surface area contributed by atoms with Gasteiger partial charge >= 0.3 is 0 Å². The Hall–Kier alpha value is -1.75. The number of benzene rings is 1. The molecule has 5 heteroatoms. The summed E-state index contributed by atoms with van der Waals surface area (Å²) < 4.78 is 10.6. The number of carbonyl (C=O) groups excluding carboxylic acids is 1. The summed E-state index contributed by atoms with van der Waals surface area (Å²) in [6.07, 6.45) is 5.74. The maximum Gasteiger partial charge on any atom is 0.224 e. The molecule has 23 heavy (non-hydrogen) atoms. The highest BCUT2D eigenvalue weighted by Gasteiger charge is 2.25. The molecule has 2 N–H and O–H groups in total. The van der Waals surface area contributed by atoms with E-state index in [1.807, 2.05) is 17.0 Å². The van der Waals surface area contributed by atoms with Gasteiger partial charge in [-0.05, 0) is 49.8 Å². The van der Waals surface area contributed by atoms with Crippen molar-refractivity contribution in [2.45, 2.75) is 44.6 Å². The Labute approximate surface area is 138 Å². The first-order valence-corrected chi connectivity index (χ1v) is 8.40. The molecule has 0 spiro atoms. The second kappa shape index (κ2) is 8.77. The van der Waals surface area contributed by atoms with Gasteiger partial charge in [0.15, 0.2) is 11.5 Å². The Bertz CT molecular complexity index is 519. The summed E-state index contributed by atoms with van der Waals surface area (Å²) in [5.41, 5.74) is 6.74. The molecule has 0 saturated carbocycles. The molecule has 1 aliphatic rings. The van der Waals surface area contributed by atoms with Crippen molar-refractivity contribution in [3.63, 3.8) is 0 Å². The van der Waals surface area contributed by atoms with Crippen LogP contribution in [0.25, 0.3) is 0 Å². The normalized spacial score (nSPS) is 17.9. The SMILES string of the molecule is COc1ccc(CC[C@@H]2CCCCN2C(=O)CCN)cc1OC. The lowest BCUT2D eigenvalue weighted by Crippen LogP contribution is -2.44. The van der Waals surface area contributed by atoms with Gasteiger partial charge in [-0.25, -0.2) is 0 Å². The van der Waals surface area contributed by atoms with E-state index in [-0.39, 0.29) is 5.91 Å². The van der Waals surface area contributed by atoms with Crippen LogP contribution in [0.2, 0.25) is 0 Å². The van der Waals surface area contributed by atoms with Crippen LogP contribution in [-0.4, -0.2) is 44.2 Å². The topological polar surface area (TPSA) is 64.8 Å². The Morgan fingerprint density at radius 1 is 1.26 bits per heavy atom. The number of nitrogens with two attached hydrogens (primary N) is 1. The third-order valence-corrected chi connectivity index (χ3v) is 4.52. The number of likely N-dealkylation sites (tertiary alicyclic amines) is 1. The first-order valence-electron chi connectivity index (χ1n) is 8.40. The highest BCUT2D eigenvalue weighted by Crippen LogP contribution is 2.29. The fourth-order valence-corrected chi connectivity index (χ4v) is 3.27. The maximum atomic E-state index is 12.2. The molecule has 128 valence electrons. The number of nitrogens with zero attached hydrogens (tertiary/aromatic N) is 1. The summed E-state index contributed by atoms with van der Waals surface area (Å²) in [6.45, 7) is 1.30. The lowest BCUT2D eigenvalue weighted by atomic mass is 9.95. The molecule has 0 aliphatic carbocycles. The van der Waals surface area contributed by atoms with Crippen molar-refractivity contribution in [3.05, 3.63) is 23.8 Å². The van der Waals surface area contributed by atoms with E-state index in [9.17, 15) is 4.79 Å². The van der Waals surface area contributed by atoms with Crippen molar-refractivity contribution in [2.75, 3.05) is 27.3 Å². The number of carbonyl (C=O) groups is 1. The van der Waals surface area contributed by atoms with Gasteiger partial charge in [0, 0.05) is 25.6 Å². The first kappa shape index (κ1) is 17.6. The number of methoxy groups -OCH3 is 2. The molecule has 1 aliphatic heterocycles. The molecule has 1 aromatic carbocycles. The van der Waals surface area contributed by atoms with E-state index >= 15 is 0 Å². The number of ether oxygens (including phenoxy) is 2. The monoisotopic (exact) mass is 320 g/mol. The van der Waals surface area contributed by atoms with E-state index in [4.69, 9.17) is 15.2 Å². The second-order valence-electron chi connectivity index (χ2n) is 6.00. The van der Waals surface area contributed by atoms with Crippen LogP contribution in [0.1, 0.15) is 37.7 Å². The molecule has 0 unspecified atom stereocenters. The van der Waals surface area contributed by atoms with Crippen LogP contribution in [0.15, 0.2) is 18.2 Å².